The van der Waals surface area contributed by atoms with E-state index in [1.165, 1.54) is 12.1 Å². The van der Waals surface area contributed by atoms with E-state index in [1.807, 2.05) is 0 Å². The number of anilines is 1. The van der Waals surface area contributed by atoms with Gasteiger partial charge in [-0.1, -0.05) is 23.7 Å². The minimum Gasteiger partial charge on any atom is -0.377 e. The molecule has 0 fully saturated rings. The highest BCUT2D eigenvalue weighted by Gasteiger charge is 2.16. The second-order valence-corrected chi connectivity index (χ2v) is 4.52. The number of rotatable bonds is 4. The van der Waals surface area contributed by atoms with E-state index in [1.54, 1.807) is 24.3 Å². The van der Waals surface area contributed by atoms with Crippen LogP contribution in [0.15, 0.2) is 42.5 Å². The minimum atomic E-state index is -0.881. The third-order valence-electron chi connectivity index (χ3n) is 2.78. The molecule has 0 saturated heterocycles. The Balaban J connectivity index is 2.25. The van der Waals surface area contributed by atoms with E-state index in [0.717, 1.165) is 11.8 Å². The first kappa shape index (κ1) is 13.8. The molecule has 0 aromatic heterocycles. The van der Waals surface area contributed by atoms with Crippen LogP contribution in [0.3, 0.4) is 0 Å². The Morgan fingerprint density at radius 2 is 1.79 bits per heavy atom. The summed E-state index contributed by atoms with van der Waals surface area (Å²) in [5.74, 6) is -1.76. The molecular formula is C14H13ClF2N2. The van der Waals surface area contributed by atoms with Crippen LogP contribution in [0.5, 0.6) is 0 Å². The van der Waals surface area contributed by atoms with Crippen molar-refractivity contribution in [2.75, 3.05) is 11.9 Å². The van der Waals surface area contributed by atoms with Crippen molar-refractivity contribution in [2.45, 2.75) is 6.04 Å². The van der Waals surface area contributed by atoms with Crippen molar-refractivity contribution in [1.82, 2.24) is 0 Å². The van der Waals surface area contributed by atoms with Crippen LogP contribution < -0.4 is 11.1 Å². The molecular weight excluding hydrogens is 270 g/mol. The largest absolute Gasteiger partial charge is 0.377 e. The lowest BCUT2D eigenvalue weighted by molar-refractivity contribution is 0.492. The van der Waals surface area contributed by atoms with E-state index in [9.17, 15) is 8.78 Å². The summed E-state index contributed by atoms with van der Waals surface area (Å²) >= 11 is 5.78. The van der Waals surface area contributed by atoms with E-state index < -0.39 is 17.7 Å². The molecule has 100 valence electrons. The summed E-state index contributed by atoms with van der Waals surface area (Å²) in [6.45, 7) is 0.142. The summed E-state index contributed by atoms with van der Waals surface area (Å²) in [5, 5.41) is 3.65. The predicted molar refractivity (Wildman–Crippen MR) is 73.2 cm³/mol. The van der Waals surface area contributed by atoms with E-state index in [0.29, 0.717) is 5.02 Å². The van der Waals surface area contributed by atoms with Gasteiger partial charge in [0.1, 0.15) is 0 Å². The monoisotopic (exact) mass is 282 g/mol. The summed E-state index contributed by atoms with van der Waals surface area (Å²) in [6.07, 6.45) is 0. The molecule has 0 radical (unpaired) electrons. The van der Waals surface area contributed by atoms with Gasteiger partial charge in [0.25, 0.3) is 0 Å². The van der Waals surface area contributed by atoms with Crippen molar-refractivity contribution in [1.29, 1.82) is 0 Å². The Bertz CT molecular complexity index is 558. The van der Waals surface area contributed by atoms with Crippen LogP contribution in [-0.4, -0.2) is 6.54 Å². The number of hydrogen-bond acceptors (Lipinski definition) is 2. The molecule has 0 aliphatic carbocycles. The first-order valence-corrected chi connectivity index (χ1v) is 6.15. The minimum absolute atomic E-state index is 0.142. The zero-order valence-electron chi connectivity index (χ0n) is 10.0. The normalized spacial score (nSPS) is 12.2. The van der Waals surface area contributed by atoms with Crippen LogP contribution in [-0.2, 0) is 0 Å². The topological polar surface area (TPSA) is 38.0 Å². The van der Waals surface area contributed by atoms with Gasteiger partial charge in [-0.3, -0.25) is 0 Å². The highest BCUT2D eigenvalue weighted by atomic mass is 35.5. The van der Waals surface area contributed by atoms with Gasteiger partial charge in [0.2, 0.25) is 0 Å². The van der Waals surface area contributed by atoms with Gasteiger partial charge in [0.05, 0.1) is 6.04 Å². The second-order valence-electron chi connectivity index (χ2n) is 4.08. The van der Waals surface area contributed by atoms with Crippen LogP contribution in [0, 0.1) is 11.6 Å². The Morgan fingerprint density at radius 1 is 1.11 bits per heavy atom. The fourth-order valence-corrected chi connectivity index (χ4v) is 1.93. The second kappa shape index (κ2) is 5.99. The van der Waals surface area contributed by atoms with Gasteiger partial charge in [-0.15, -0.1) is 0 Å². The average molecular weight is 283 g/mol. The summed E-state index contributed by atoms with van der Waals surface area (Å²) in [4.78, 5) is 0. The zero-order chi connectivity index (χ0) is 13.8. The zero-order valence-corrected chi connectivity index (χ0v) is 10.8. The van der Waals surface area contributed by atoms with Crippen molar-refractivity contribution in [2.24, 2.45) is 5.73 Å². The van der Waals surface area contributed by atoms with Crippen molar-refractivity contribution >= 4 is 17.3 Å². The molecule has 0 bridgehead atoms. The first-order valence-electron chi connectivity index (χ1n) is 5.78. The highest BCUT2D eigenvalue weighted by Crippen LogP contribution is 2.23. The Kier molecular flexibility index (Phi) is 4.35. The molecule has 2 aromatic rings. The van der Waals surface area contributed by atoms with Gasteiger partial charge in [0.15, 0.2) is 11.6 Å². The lowest BCUT2D eigenvalue weighted by Gasteiger charge is -2.19. The molecule has 0 aliphatic rings. The van der Waals surface area contributed by atoms with Gasteiger partial charge in [-0.2, -0.15) is 0 Å². The van der Waals surface area contributed by atoms with Gasteiger partial charge >= 0.3 is 0 Å². The molecule has 2 nitrogen and oxygen atoms in total. The molecule has 3 N–H and O–H groups in total. The van der Waals surface area contributed by atoms with Crippen molar-refractivity contribution < 1.29 is 8.78 Å². The number of halogens is 3. The quantitative estimate of drug-likeness (QED) is 0.897. The van der Waals surface area contributed by atoms with E-state index in [4.69, 9.17) is 17.3 Å². The summed E-state index contributed by atoms with van der Waals surface area (Å²) in [7, 11) is 0. The maximum Gasteiger partial charge on any atom is 0.164 e. The Morgan fingerprint density at radius 3 is 2.42 bits per heavy atom. The number of nitrogens with two attached hydrogens (primary N) is 1. The number of hydrogen-bond donors (Lipinski definition) is 2. The standard InChI is InChI=1S/C14H13ClF2N2/c15-9-4-6-10(7-5-9)19-13(8-18)11-2-1-3-12(16)14(11)17/h1-7,13,19H,8,18H2. The van der Waals surface area contributed by atoms with E-state index >= 15 is 0 Å². The lowest BCUT2D eigenvalue weighted by Crippen LogP contribution is -2.22. The molecule has 5 heteroatoms. The molecule has 0 aliphatic heterocycles. The van der Waals surface area contributed by atoms with Gasteiger partial charge in [-0.05, 0) is 30.3 Å². The number of benzene rings is 2. The summed E-state index contributed by atoms with van der Waals surface area (Å²) in [5.41, 5.74) is 6.57. The fourth-order valence-electron chi connectivity index (χ4n) is 1.80. The third-order valence-corrected chi connectivity index (χ3v) is 3.03. The highest BCUT2D eigenvalue weighted by molar-refractivity contribution is 6.30. The van der Waals surface area contributed by atoms with E-state index in [-0.39, 0.29) is 12.1 Å². The molecule has 0 spiro atoms. The van der Waals surface area contributed by atoms with Crippen molar-refractivity contribution in [3.05, 3.63) is 64.7 Å². The summed E-state index contributed by atoms with van der Waals surface area (Å²) in [6, 6.07) is 10.5. The van der Waals surface area contributed by atoms with Crippen LogP contribution in [0.1, 0.15) is 11.6 Å². The maximum absolute atomic E-state index is 13.7. The molecule has 2 aromatic carbocycles. The van der Waals surface area contributed by atoms with Crippen LogP contribution >= 0.6 is 11.6 Å². The first-order chi connectivity index (χ1) is 9.11. The lowest BCUT2D eigenvalue weighted by atomic mass is 10.1. The molecule has 1 unspecified atom stereocenters. The smallest absolute Gasteiger partial charge is 0.164 e. The molecule has 2 rings (SSSR count). The molecule has 1 atom stereocenters. The van der Waals surface area contributed by atoms with Crippen molar-refractivity contribution in [3.63, 3.8) is 0 Å². The average Bonchev–Trinajstić information content (AvgIpc) is 2.42. The SMILES string of the molecule is NCC(Nc1ccc(Cl)cc1)c1cccc(F)c1F. The van der Waals surface area contributed by atoms with Crippen LogP contribution in [0.2, 0.25) is 5.02 Å². The van der Waals surface area contributed by atoms with Crippen LogP contribution in [0.25, 0.3) is 0 Å². The molecule has 0 amide bonds. The van der Waals surface area contributed by atoms with Crippen LogP contribution in [0.4, 0.5) is 14.5 Å². The third kappa shape index (κ3) is 3.22. The Hall–Kier alpha value is -1.65. The molecule has 19 heavy (non-hydrogen) atoms. The molecule has 0 saturated carbocycles. The van der Waals surface area contributed by atoms with Gasteiger partial charge < -0.3 is 11.1 Å². The maximum atomic E-state index is 13.7. The fraction of sp³-hybridized carbons (Fsp3) is 0.143. The molecule has 0 heterocycles. The van der Waals surface area contributed by atoms with Gasteiger partial charge in [-0.25, -0.2) is 8.78 Å². The predicted octanol–water partition coefficient (Wildman–Crippen LogP) is 3.73. The summed E-state index contributed by atoms with van der Waals surface area (Å²) < 4.78 is 26.9. The Labute approximate surface area is 115 Å². The number of nitrogens with one attached hydrogen (secondary N) is 1. The van der Waals surface area contributed by atoms with Gasteiger partial charge in [0, 0.05) is 22.8 Å². The van der Waals surface area contributed by atoms with Crippen molar-refractivity contribution in [3.8, 4) is 0 Å². The van der Waals surface area contributed by atoms with E-state index in [2.05, 4.69) is 5.32 Å².